The summed E-state index contributed by atoms with van der Waals surface area (Å²) in [6.07, 6.45) is 2.22. The fourth-order valence-electron chi connectivity index (χ4n) is 3.39. The van der Waals surface area contributed by atoms with Crippen LogP contribution in [0.1, 0.15) is 40.6 Å². The van der Waals surface area contributed by atoms with Gasteiger partial charge in [0.1, 0.15) is 17.4 Å². The quantitative estimate of drug-likeness (QED) is 0.484. The Morgan fingerprint density at radius 1 is 1.29 bits per heavy atom. The lowest BCUT2D eigenvalue weighted by atomic mass is 10.0. The van der Waals surface area contributed by atoms with Crippen molar-refractivity contribution < 1.29 is 22.0 Å². The number of hydrogen-bond acceptors (Lipinski definition) is 5. The molecule has 0 unspecified atom stereocenters. The Bertz CT molecular complexity index is 1210. The Kier molecular flexibility index (Phi) is 6.86. The van der Waals surface area contributed by atoms with Gasteiger partial charge < -0.3 is 10.2 Å². The number of rotatable bonds is 9. The van der Waals surface area contributed by atoms with Gasteiger partial charge in [0.2, 0.25) is 15.7 Å². The minimum Gasteiger partial charge on any atom is -0.441 e. The maximum Gasteiger partial charge on any atom is 0.252 e. The van der Waals surface area contributed by atoms with E-state index in [-0.39, 0.29) is 41.6 Å². The minimum absolute atomic E-state index is 0.109. The van der Waals surface area contributed by atoms with E-state index >= 15 is 0 Å². The number of carbonyl (C=O) groups is 1. The highest BCUT2D eigenvalue weighted by Crippen LogP contribution is 2.32. The molecule has 1 amide bonds. The zero-order valence-corrected chi connectivity index (χ0v) is 18.8. The molecule has 31 heavy (non-hydrogen) atoms. The fraction of sp³-hybridized carbons (Fsp3) is 0.333. The summed E-state index contributed by atoms with van der Waals surface area (Å²) in [5.74, 6) is -0.243. The predicted octanol–water partition coefficient (Wildman–Crippen LogP) is 3.61. The minimum atomic E-state index is -3.62. The van der Waals surface area contributed by atoms with Crippen molar-refractivity contribution >= 4 is 44.4 Å². The van der Waals surface area contributed by atoms with Gasteiger partial charge in [0.15, 0.2) is 0 Å². The van der Waals surface area contributed by atoms with Crippen LogP contribution in [0.2, 0.25) is 0 Å². The van der Waals surface area contributed by atoms with Gasteiger partial charge in [-0.2, -0.15) is 4.98 Å². The first-order valence-corrected chi connectivity index (χ1v) is 12.1. The summed E-state index contributed by atoms with van der Waals surface area (Å²) in [7, 11) is -3.62. The van der Waals surface area contributed by atoms with Crippen molar-refractivity contribution in [3.05, 3.63) is 58.6 Å². The number of primary amides is 1. The largest absolute Gasteiger partial charge is 0.441 e. The molecule has 0 aliphatic heterocycles. The van der Waals surface area contributed by atoms with E-state index in [1.54, 1.807) is 18.2 Å². The maximum atomic E-state index is 13.2. The maximum absolute atomic E-state index is 13.2. The first kappa shape index (κ1) is 23.0. The monoisotopic (exact) mass is 467 g/mol. The molecule has 0 saturated carbocycles. The lowest BCUT2D eigenvalue weighted by Crippen LogP contribution is -2.32. The average Bonchev–Trinajstić information content (AvgIpc) is 3.05. The number of amides is 1. The normalized spacial score (nSPS) is 11.7. The third kappa shape index (κ3) is 4.99. The van der Waals surface area contributed by atoms with Crippen LogP contribution in [0.5, 0.6) is 0 Å². The molecule has 166 valence electrons. The van der Waals surface area contributed by atoms with Crippen molar-refractivity contribution in [3.8, 4) is 0 Å². The van der Waals surface area contributed by atoms with E-state index in [4.69, 9.17) is 21.8 Å². The SMILES string of the molecule is CCc1cc2c(C(N)=O)c(Cc3ccc(F)cc3)oc2nc1N(CCCCl)S(C)(=O)=O. The molecule has 3 rings (SSSR count). The Morgan fingerprint density at radius 2 is 1.97 bits per heavy atom. The number of nitrogens with two attached hydrogens (primary N) is 1. The second-order valence-electron chi connectivity index (χ2n) is 7.12. The summed E-state index contributed by atoms with van der Waals surface area (Å²) >= 11 is 5.76. The number of anilines is 1. The molecule has 7 nitrogen and oxygen atoms in total. The molecule has 2 N–H and O–H groups in total. The fourth-order valence-corrected chi connectivity index (χ4v) is 4.45. The molecule has 0 spiro atoms. The number of fused-ring (bicyclic) bond motifs is 1. The number of carbonyl (C=O) groups excluding carboxylic acids is 1. The number of nitrogens with zero attached hydrogens (tertiary/aromatic N) is 2. The Morgan fingerprint density at radius 3 is 2.52 bits per heavy atom. The van der Waals surface area contributed by atoms with Crippen molar-refractivity contribution in [1.29, 1.82) is 0 Å². The Balaban J connectivity index is 2.17. The van der Waals surface area contributed by atoms with Crippen LogP contribution in [0.4, 0.5) is 10.2 Å². The summed E-state index contributed by atoms with van der Waals surface area (Å²) in [5.41, 5.74) is 7.26. The van der Waals surface area contributed by atoms with Crippen LogP contribution in [0.25, 0.3) is 11.1 Å². The first-order valence-electron chi connectivity index (χ1n) is 9.68. The van der Waals surface area contributed by atoms with Gasteiger partial charge in [0, 0.05) is 18.8 Å². The van der Waals surface area contributed by atoms with Crippen molar-refractivity contribution in [2.45, 2.75) is 26.2 Å². The summed E-state index contributed by atoms with van der Waals surface area (Å²) in [6, 6.07) is 7.49. The molecular weight excluding hydrogens is 445 g/mol. The van der Waals surface area contributed by atoms with E-state index in [9.17, 15) is 17.6 Å². The van der Waals surface area contributed by atoms with Gasteiger partial charge in [-0.15, -0.1) is 11.6 Å². The molecule has 0 fully saturated rings. The van der Waals surface area contributed by atoms with Crippen molar-refractivity contribution in [2.24, 2.45) is 5.73 Å². The lowest BCUT2D eigenvalue weighted by molar-refractivity contribution is 0.1000. The highest BCUT2D eigenvalue weighted by molar-refractivity contribution is 7.92. The Hall–Kier alpha value is -2.65. The van der Waals surface area contributed by atoms with Crippen LogP contribution >= 0.6 is 11.6 Å². The highest BCUT2D eigenvalue weighted by atomic mass is 35.5. The summed E-state index contributed by atoms with van der Waals surface area (Å²) in [5, 5.41) is 0.413. The van der Waals surface area contributed by atoms with Crippen LogP contribution in [0.15, 0.2) is 34.7 Å². The van der Waals surface area contributed by atoms with Crippen molar-refractivity contribution in [1.82, 2.24) is 4.98 Å². The average molecular weight is 468 g/mol. The van der Waals surface area contributed by atoms with Crippen molar-refractivity contribution in [3.63, 3.8) is 0 Å². The number of furan rings is 1. The van der Waals surface area contributed by atoms with Gasteiger partial charge in [-0.1, -0.05) is 19.1 Å². The molecule has 0 saturated heterocycles. The second-order valence-corrected chi connectivity index (χ2v) is 9.41. The van der Waals surface area contributed by atoms with E-state index in [2.05, 4.69) is 4.98 Å². The third-order valence-corrected chi connectivity index (χ3v) is 6.27. The van der Waals surface area contributed by atoms with E-state index in [1.807, 2.05) is 6.92 Å². The van der Waals surface area contributed by atoms with Gasteiger partial charge in [0.05, 0.1) is 17.2 Å². The zero-order valence-electron chi connectivity index (χ0n) is 17.2. The molecular formula is C21H23ClFN3O4S. The standard InChI is InChI=1S/C21H23ClFN3O4S/c1-3-14-12-16-18(19(24)27)17(11-13-5-7-15(23)8-6-13)30-21(16)25-20(14)26(10-4-9-22)31(2,28)29/h5-8,12H,3-4,9-11H2,1-2H3,(H2,24,27). The van der Waals surface area contributed by atoms with Gasteiger partial charge in [-0.05, 0) is 42.2 Å². The number of halogens is 2. The van der Waals surface area contributed by atoms with Gasteiger partial charge in [-0.3, -0.25) is 9.10 Å². The molecule has 0 aliphatic rings. The number of aromatic nitrogens is 1. The van der Waals surface area contributed by atoms with Gasteiger partial charge >= 0.3 is 0 Å². The lowest BCUT2D eigenvalue weighted by Gasteiger charge is -2.23. The molecule has 2 aromatic heterocycles. The third-order valence-electron chi connectivity index (χ3n) is 4.85. The second kappa shape index (κ2) is 9.23. The van der Waals surface area contributed by atoms with Crippen LogP contribution in [0, 0.1) is 5.82 Å². The number of hydrogen-bond donors (Lipinski definition) is 1. The predicted molar refractivity (Wildman–Crippen MR) is 119 cm³/mol. The number of aryl methyl sites for hydroxylation is 1. The topological polar surface area (TPSA) is 106 Å². The highest BCUT2D eigenvalue weighted by Gasteiger charge is 2.26. The van der Waals surface area contributed by atoms with Crippen LogP contribution in [-0.2, 0) is 22.9 Å². The summed E-state index contributed by atoms with van der Waals surface area (Å²) in [4.78, 5) is 16.7. The van der Waals surface area contributed by atoms with E-state index in [0.717, 1.165) is 11.8 Å². The zero-order chi connectivity index (χ0) is 22.8. The van der Waals surface area contributed by atoms with E-state index in [1.165, 1.54) is 16.4 Å². The van der Waals surface area contributed by atoms with Crippen LogP contribution < -0.4 is 10.0 Å². The molecule has 0 aliphatic carbocycles. The number of benzene rings is 1. The number of sulfonamides is 1. The summed E-state index contributed by atoms with van der Waals surface area (Å²) < 4.78 is 45.1. The van der Waals surface area contributed by atoms with Crippen molar-refractivity contribution in [2.75, 3.05) is 23.0 Å². The smallest absolute Gasteiger partial charge is 0.252 e. The van der Waals surface area contributed by atoms with Gasteiger partial charge in [-0.25, -0.2) is 12.8 Å². The number of pyridine rings is 1. The Labute approximate surface area is 185 Å². The molecule has 3 aromatic rings. The van der Waals surface area contributed by atoms with Crippen LogP contribution in [0.3, 0.4) is 0 Å². The molecule has 0 radical (unpaired) electrons. The molecule has 0 bridgehead atoms. The molecule has 10 heteroatoms. The molecule has 1 aromatic carbocycles. The van der Waals surface area contributed by atoms with Crippen LogP contribution in [-0.4, -0.2) is 38.0 Å². The van der Waals surface area contributed by atoms with E-state index < -0.39 is 15.9 Å². The first-order chi connectivity index (χ1) is 14.7. The molecule has 0 atom stereocenters. The molecule has 2 heterocycles. The van der Waals surface area contributed by atoms with Gasteiger partial charge in [0.25, 0.3) is 5.91 Å². The number of alkyl halides is 1. The summed E-state index contributed by atoms with van der Waals surface area (Å²) in [6.45, 7) is 2.03. The van der Waals surface area contributed by atoms with E-state index in [0.29, 0.717) is 29.7 Å².